The summed E-state index contributed by atoms with van der Waals surface area (Å²) in [6.45, 7) is 5.22. The summed E-state index contributed by atoms with van der Waals surface area (Å²) in [4.78, 5) is 0. The van der Waals surface area contributed by atoms with E-state index in [-0.39, 0.29) is 0 Å². The molecule has 0 saturated heterocycles. The molecule has 2 N–H and O–H groups in total. The van der Waals surface area contributed by atoms with E-state index in [2.05, 4.69) is 31.8 Å². The van der Waals surface area contributed by atoms with Crippen molar-refractivity contribution >= 4 is 0 Å². The third-order valence-corrected chi connectivity index (χ3v) is 3.27. The van der Waals surface area contributed by atoms with Gasteiger partial charge in [-0.15, -0.1) is 0 Å². The number of hydrogen-bond donors (Lipinski definition) is 1. The van der Waals surface area contributed by atoms with Gasteiger partial charge in [-0.1, -0.05) is 62.1 Å². The predicted molar refractivity (Wildman–Crippen MR) is 87.2 cm³/mol. The van der Waals surface area contributed by atoms with Crippen LogP contribution in [0, 0.1) is 11.8 Å². The maximum Gasteiger partial charge on any atom is 0.123 e. The Labute approximate surface area is 126 Å². The van der Waals surface area contributed by atoms with E-state index < -0.39 is 0 Å². The van der Waals surface area contributed by atoms with Crippen molar-refractivity contribution in [2.75, 3.05) is 6.54 Å². The Bertz CT molecular complexity index is 650. The molecule has 0 aromatic heterocycles. The van der Waals surface area contributed by atoms with E-state index in [9.17, 15) is 0 Å². The van der Waals surface area contributed by atoms with Gasteiger partial charge in [0.2, 0.25) is 0 Å². The summed E-state index contributed by atoms with van der Waals surface area (Å²) >= 11 is 0. The zero-order chi connectivity index (χ0) is 15.1. The smallest absolute Gasteiger partial charge is 0.123 e. The fraction of sp³-hybridized carbons (Fsp3) is 0.263. The molecule has 2 aromatic rings. The molecule has 0 unspecified atom stereocenters. The van der Waals surface area contributed by atoms with Crippen molar-refractivity contribution in [3.8, 4) is 17.6 Å². The first-order chi connectivity index (χ1) is 10.2. The Morgan fingerprint density at radius 1 is 1.05 bits per heavy atom. The summed E-state index contributed by atoms with van der Waals surface area (Å²) in [7, 11) is 0. The lowest BCUT2D eigenvalue weighted by atomic mass is 10.0. The largest absolute Gasteiger partial charge is 0.489 e. The molecule has 0 aliphatic heterocycles. The average Bonchev–Trinajstić information content (AvgIpc) is 2.52. The van der Waals surface area contributed by atoms with Crippen molar-refractivity contribution in [3.63, 3.8) is 0 Å². The van der Waals surface area contributed by atoms with Gasteiger partial charge in [0.1, 0.15) is 12.4 Å². The van der Waals surface area contributed by atoms with E-state index in [4.69, 9.17) is 10.5 Å². The van der Waals surface area contributed by atoms with Gasteiger partial charge in [-0.3, -0.25) is 0 Å². The molecule has 2 nitrogen and oxygen atoms in total. The summed E-state index contributed by atoms with van der Waals surface area (Å²) in [6, 6.07) is 16.2. The van der Waals surface area contributed by atoms with Gasteiger partial charge in [0.15, 0.2) is 0 Å². The Morgan fingerprint density at radius 3 is 2.52 bits per heavy atom. The third kappa shape index (κ3) is 4.11. The van der Waals surface area contributed by atoms with Crippen molar-refractivity contribution in [2.24, 2.45) is 5.73 Å². The van der Waals surface area contributed by atoms with Gasteiger partial charge in [0.25, 0.3) is 0 Å². The molecule has 0 amide bonds. The molecule has 2 aromatic carbocycles. The number of nitrogens with two attached hydrogens (primary N) is 1. The van der Waals surface area contributed by atoms with E-state index in [0.717, 1.165) is 16.9 Å². The van der Waals surface area contributed by atoms with Gasteiger partial charge in [0.05, 0.1) is 6.54 Å². The van der Waals surface area contributed by atoms with E-state index >= 15 is 0 Å². The lowest BCUT2D eigenvalue weighted by Gasteiger charge is -2.14. The van der Waals surface area contributed by atoms with Crippen LogP contribution < -0.4 is 10.5 Å². The second-order valence-corrected chi connectivity index (χ2v) is 5.14. The molecule has 0 saturated carbocycles. The molecule has 0 radical (unpaired) electrons. The molecule has 0 heterocycles. The molecule has 21 heavy (non-hydrogen) atoms. The molecular formula is C19H21NO. The van der Waals surface area contributed by atoms with Crippen molar-refractivity contribution in [1.82, 2.24) is 0 Å². The van der Waals surface area contributed by atoms with Crippen LogP contribution >= 0.6 is 0 Å². The van der Waals surface area contributed by atoms with Gasteiger partial charge in [-0.05, 0) is 23.6 Å². The molecule has 0 atom stereocenters. The van der Waals surface area contributed by atoms with Gasteiger partial charge in [-0.2, -0.15) is 0 Å². The Hall–Kier alpha value is -2.24. The minimum absolute atomic E-state index is 0.366. The van der Waals surface area contributed by atoms with Crippen LogP contribution in [0.4, 0.5) is 0 Å². The van der Waals surface area contributed by atoms with Gasteiger partial charge < -0.3 is 10.5 Å². The molecular weight excluding hydrogens is 258 g/mol. The van der Waals surface area contributed by atoms with Crippen LogP contribution in [0.2, 0.25) is 0 Å². The highest BCUT2D eigenvalue weighted by Gasteiger charge is 2.07. The number of benzene rings is 2. The zero-order valence-corrected chi connectivity index (χ0v) is 12.6. The van der Waals surface area contributed by atoms with Crippen LogP contribution in [-0.2, 0) is 6.61 Å². The lowest BCUT2D eigenvalue weighted by Crippen LogP contribution is -2.01. The van der Waals surface area contributed by atoms with Gasteiger partial charge >= 0.3 is 0 Å². The van der Waals surface area contributed by atoms with E-state index in [1.54, 1.807) is 0 Å². The number of para-hydroxylation sites is 1. The van der Waals surface area contributed by atoms with Gasteiger partial charge in [-0.25, -0.2) is 0 Å². The molecule has 0 fully saturated rings. The van der Waals surface area contributed by atoms with Crippen molar-refractivity contribution in [2.45, 2.75) is 26.4 Å². The Kier molecular flexibility index (Phi) is 5.43. The molecule has 0 aliphatic rings. The predicted octanol–water partition coefficient (Wildman–Crippen LogP) is 3.70. The maximum atomic E-state index is 6.01. The van der Waals surface area contributed by atoms with Crippen molar-refractivity contribution in [3.05, 3.63) is 65.2 Å². The van der Waals surface area contributed by atoms with Crippen LogP contribution in [-0.4, -0.2) is 6.54 Å². The summed E-state index contributed by atoms with van der Waals surface area (Å²) in [5.41, 5.74) is 8.72. The topological polar surface area (TPSA) is 35.2 Å². The standard InChI is InChI=1S/C19H21NO/c1-15(2)18-11-5-6-12-19(18)21-14-17-9-4-3-8-16(17)10-7-13-20/h3-6,8-9,11-12,15H,13-14,20H2,1-2H3. The van der Waals surface area contributed by atoms with Crippen molar-refractivity contribution < 1.29 is 4.74 Å². The monoisotopic (exact) mass is 279 g/mol. The minimum Gasteiger partial charge on any atom is -0.489 e. The first kappa shape index (κ1) is 15.2. The van der Waals surface area contributed by atoms with E-state index in [1.807, 2.05) is 42.5 Å². The number of rotatable bonds is 4. The average molecular weight is 279 g/mol. The van der Waals surface area contributed by atoms with Crippen LogP contribution in [0.1, 0.15) is 36.5 Å². The molecule has 2 heteroatoms. The molecule has 108 valence electrons. The normalized spacial score (nSPS) is 10.1. The molecule has 0 aliphatic carbocycles. The van der Waals surface area contributed by atoms with E-state index in [0.29, 0.717) is 19.1 Å². The second-order valence-electron chi connectivity index (χ2n) is 5.14. The van der Waals surface area contributed by atoms with Crippen LogP contribution in [0.25, 0.3) is 0 Å². The van der Waals surface area contributed by atoms with Crippen molar-refractivity contribution in [1.29, 1.82) is 0 Å². The first-order valence-corrected chi connectivity index (χ1v) is 7.21. The highest BCUT2D eigenvalue weighted by molar-refractivity contribution is 5.42. The highest BCUT2D eigenvalue weighted by atomic mass is 16.5. The Morgan fingerprint density at radius 2 is 1.76 bits per heavy atom. The first-order valence-electron chi connectivity index (χ1n) is 7.21. The zero-order valence-electron chi connectivity index (χ0n) is 12.6. The summed E-state index contributed by atoms with van der Waals surface area (Å²) in [5, 5.41) is 0. The highest BCUT2D eigenvalue weighted by Crippen LogP contribution is 2.26. The second kappa shape index (κ2) is 7.52. The maximum absolute atomic E-state index is 6.01. The van der Waals surface area contributed by atoms with Crippen LogP contribution in [0.15, 0.2) is 48.5 Å². The lowest BCUT2D eigenvalue weighted by molar-refractivity contribution is 0.301. The fourth-order valence-corrected chi connectivity index (χ4v) is 2.16. The minimum atomic E-state index is 0.366. The Balaban J connectivity index is 2.17. The third-order valence-electron chi connectivity index (χ3n) is 3.27. The molecule has 0 bridgehead atoms. The molecule has 0 spiro atoms. The van der Waals surface area contributed by atoms with Crippen LogP contribution in [0.5, 0.6) is 5.75 Å². The number of hydrogen-bond acceptors (Lipinski definition) is 2. The fourth-order valence-electron chi connectivity index (χ4n) is 2.16. The number of ether oxygens (including phenoxy) is 1. The van der Waals surface area contributed by atoms with Gasteiger partial charge in [0, 0.05) is 11.1 Å². The van der Waals surface area contributed by atoms with E-state index in [1.165, 1.54) is 5.56 Å². The quantitative estimate of drug-likeness (QED) is 0.866. The summed E-state index contributed by atoms with van der Waals surface area (Å²) in [5.74, 6) is 7.36. The molecule has 2 rings (SSSR count). The summed E-state index contributed by atoms with van der Waals surface area (Å²) in [6.07, 6.45) is 0. The van der Waals surface area contributed by atoms with Crippen LogP contribution in [0.3, 0.4) is 0 Å². The summed E-state index contributed by atoms with van der Waals surface area (Å²) < 4.78 is 6.01. The SMILES string of the molecule is CC(C)c1ccccc1OCc1ccccc1C#CCN.